The number of hydrogen-bond acceptors (Lipinski definition) is 4. The summed E-state index contributed by atoms with van der Waals surface area (Å²) in [4.78, 5) is 7.76. The van der Waals surface area contributed by atoms with Crippen molar-refractivity contribution in [2.75, 3.05) is 44.2 Å². The number of hydrogen-bond donors (Lipinski definition) is 1. The average molecular weight is 386 g/mol. The Morgan fingerprint density at radius 2 is 1.54 bits per heavy atom. The highest BCUT2D eigenvalue weighted by Crippen LogP contribution is 2.29. The van der Waals surface area contributed by atoms with Crippen molar-refractivity contribution in [2.45, 2.75) is 77.0 Å². The third-order valence-electron chi connectivity index (χ3n) is 7.59. The van der Waals surface area contributed by atoms with Gasteiger partial charge in [0.05, 0.1) is 6.10 Å². The normalized spacial score (nSPS) is 29.0. The first kappa shape index (κ1) is 20.2. The fourth-order valence-corrected chi connectivity index (χ4v) is 5.68. The van der Waals surface area contributed by atoms with Crippen LogP contribution in [0.5, 0.6) is 0 Å². The molecule has 28 heavy (non-hydrogen) atoms. The maximum Gasteiger partial charge on any atom is 0.0822 e. The zero-order valence-electron chi connectivity index (χ0n) is 17.9. The van der Waals surface area contributed by atoms with Crippen LogP contribution in [0.3, 0.4) is 0 Å². The maximum atomic E-state index is 10.9. The van der Waals surface area contributed by atoms with Gasteiger partial charge in [-0.3, -0.25) is 9.80 Å². The predicted molar refractivity (Wildman–Crippen MR) is 117 cm³/mol. The lowest BCUT2D eigenvalue weighted by atomic mass is 9.94. The molecule has 3 heterocycles. The minimum absolute atomic E-state index is 0.177. The number of β-amino-alcohol motifs (C(OH)–C–C–N with tert-alkyl or cyclic N) is 1. The van der Waals surface area contributed by atoms with E-state index in [4.69, 9.17) is 0 Å². The molecule has 156 valence electrons. The Labute approximate surface area is 171 Å². The Balaban J connectivity index is 1.30. The number of piperidine rings is 2. The van der Waals surface area contributed by atoms with Crippen molar-refractivity contribution in [3.63, 3.8) is 0 Å². The maximum absolute atomic E-state index is 10.9. The fourth-order valence-electron chi connectivity index (χ4n) is 5.68. The lowest BCUT2D eigenvalue weighted by Gasteiger charge is -2.46. The van der Waals surface area contributed by atoms with Gasteiger partial charge in [-0.15, -0.1) is 0 Å². The summed E-state index contributed by atoms with van der Waals surface area (Å²) in [6.07, 6.45) is 8.74. The number of aliphatic hydroxyl groups excluding tert-OH is 1. The second kappa shape index (κ2) is 9.15. The SMILES string of the molecule is Cc1cccc(N2CCC(N3CC[C@@H](N4CCCCCC4)[C@H](O)C3)CC2)c1C. The summed E-state index contributed by atoms with van der Waals surface area (Å²) in [5, 5.41) is 10.9. The van der Waals surface area contributed by atoms with Gasteiger partial charge >= 0.3 is 0 Å². The highest BCUT2D eigenvalue weighted by molar-refractivity contribution is 5.56. The van der Waals surface area contributed by atoms with E-state index in [0.717, 1.165) is 32.6 Å². The van der Waals surface area contributed by atoms with Crippen molar-refractivity contribution in [2.24, 2.45) is 0 Å². The summed E-state index contributed by atoms with van der Waals surface area (Å²) in [7, 11) is 0. The van der Waals surface area contributed by atoms with E-state index >= 15 is 0 Å². The van der Waals surface area contributed by atoms with Gasteiger partial charge in [-0.25, -0.2) is 0 Å². The van der Waals surface area contributed by atoms with Crippen LogP contribution in [-0.4, -0.2) is 72.4 Å². The van der Waals surface area contributed by atoms with Crippen LogP contribution in [0.4, 0.5) is 5.69 Å². The number of likely N-dealkylation sites (tertiary alicyclic amines) is 2. The second-order valence-corrected chi connectivity index (χ2v) is 9.31. The number of benzene rings is 1. The first-order chi connectivity index (χ1) is 13.6. The molecular formula is C24H39N3O. The fraction of sp³-hybridized carbons (Fsp3) is 0.750. The van der Waals surface area contributed by atoms with Crippen molar-refractivity contribution in [3.05, 3.63) is 29.3 Å². The molecule has 4 heteroatoms. The smallest absolute Gasteiger partial charge is 0.0822 e. The largest absolute Gasteiger partial charge is 0.390 e. The quantitative estimate of drug-likeness (QED) is 0.861. The van der Waals surface area contributed by atoms with Crippen LogP contribution >= 0.6 is 0 Å². The van der Waals surface area contributed by atoms with Crippen LogP contribution in [0.1, 0.15) is 56.1 Å². The number of aryl methyl sites for hydroxylation is 1. The van der Waals surface area contributed by atoms with Crippen LogP contribution in [0.15, 0.2) is 18.2 Å². The molecule has 0 bridgehead atoms. The van der Waals surface area contributed by atoms with E-state index in [0.29, 0.717) is 12.1 Å². The van der Waals surface area contributed by atoms with Crippen LogP contribution in [0.25, 0.3) is 0 Å². The molecule has 1 aromatic rings. The molecule has 3 saturated heterocycles. The minimum atomic E-state index is -0.177. The van der Waals surface area contributed by atoms with Gasteiger partial charge in [0.1, 0.15) is 0 Å². The highest BCUT2D eigenvalue weighted by atomic mass is 16.3. The topological polar surface area (TPSA) is 30.0 Å². The Bertz CT molecular complexity index is 633. The van der Waals surface area contributed by atoms with E-state index in [-0.39, 0.29) is 6.10 Å². The first-order valence-electron chi connectivity index (χ1n) is 11.6. The molecule has 3 fully saturated rings. The van der Waals surface area contributed by atoms with E-state index in [1.807, 2.05) is 0 Å². The average Bonchev–Trinajstić information content (AvgIpc) is 3.00. The molecule has 2 atom stereocenters. The molecule has 4 rings (SSSR count). The Morgan fingerprint density at radius 1 is 0.821 bits per heavy atom. The third-order valence-corrected chi connectivity index (χ3v) is 7.59. The monoisotopic (exact) mass is 385 g/mol. The first-order valence-corrected chi connectivity index (χ1v) is 11.6. The summed E-state index contributed by atoms with van der Waals surface area (Å²) in [5.74, 6) is 0. The molecule has 1 N–H and O–H groups in total. The van der Waals surface area contributed by atoms with Gasteiger partial charge in [-0.1, -0.05) is 25.0 Å². The highest BCUT2D eigenvalue weighted by Gasteiger charge is 2.35. The second-order valence-electron chi connectivity index (χ2n) is 9.31. The Hall–Kier alpha value is -1.10. The van der Waals surface area contributed by atoms with Crippen LogP contribution < -0.4 is 4.90 Å². The molecule has 3 aliphatic rings. The zero-order valence-corrected chi connectivity index (χ0v) is 17.9. The van der Waals surface area contributed by atoms with Crippen molar-refractivity contribution in [1.29, 1.82) is 0 Å². The van der Waals surface area contributed by atoms with Crippen LogP contribution in [0, 0.1) is 13.8 Å². The number of anilines is 1. The van der Waals surface area contributed by atoms with Gasteiger partial charge in [-0.2, -0.15) is 0 Å². The number of aliphatic hydroxyl groups is 1. The molecule has 0 unspecified atom stereocenters. The predicted octanol–water partition coefficient (Wildman–Crippen LogP) is 3.58. The third kappa shape index (κ3) is 4.39. The van der Waals surface area contributed by atoms with Crippen molar-refractivity contribution in [3.8, 4) is 0 Å². The van der Waals surface area contributed by atoms with Gasteiger partial charge in [0.25, 0.3) is 0 Å². The molecule has 0 spiro atoms. The molecule has 3 aliphatic heterocycles. The zero-order chi connectivity index (χ0) is 19.5. The van der Waals surface area contributed by atoms with Crippen molar-refractivity contribution in [1.82, 2.24) is 9.80 Å². The molecule has 0 radical (unpaired) electrons. The summed E-state index contributed by atoms with van der Waals surface area (Å²) >= 11 is 0. The lowest BCUT2D eigenvalue weighted by Crippen LogP contribution is -2.57. The van der Waals surface area contributed by atoms with E-state index < -0.39 is 0 Å². The molecule has 4 nitrogen and oxygen atoms in total. The number of nitrogens with zero attached hydrogens (tertiary/aromatic N) is 3. The van der Waals surface area contributed by atoms with Crippen molar-refractivity contribution < 1.29 is 5.11 Å². The lowest BCUT2D eigenvalue weighted by molar-refractivity contribution is -0.0279. The molecular weight excluding hydrogens is 346 g/mol. The standard InChI is InChI=1S/C24H39N3O/c1-19-8-7-9-22(20(19)2)26-15-10-21(11-16-26)27-17-12-23(24(28)18-27)25-13-5-3-4-6-14-25/h7-9,21,23-24,28H,3-6,10-18H2,1-2H3/t23-,24-/m1/s1. The molecule has 1 aromatic carbocycles. The van der Waals surface area contributed by atoms with E-state index in [9.17, 15) is 5.11 Å². The van der Waals surface area contributed by atoms with E-state index in [1.165, 1.54) is 68.4 Å². The van der Waals surface area contributed by atoms with Gasteiger partial charge in [0.15, 0.2) is 0 Å². The summed E-state index contributed by atoms with van der Waals surface area (Å²) in [5.41, 5.74) is 4.23. The summed E-state index contributed by atoms with van der Waals surface area (Å²) in [6.45, 7) is 11.1. The van der Waals surface area contributed by atoms with Gasteiger partial charge in [0, 0.05) is 44.0 Å². The van der Waals surface area contributed by atoms with Gasteiger partial charge in [0.2, 0.25) is 0 Å². The molecule has 0 aliphatic carbocycles. The summed E-state index contributed by atoms with van der Waals surface area (Å²) in [6, 6.07) is 7.71. The molecule has 0 saturated carbocycles. The minimum Gasteiger partial charge on any atom is -0.390 e. The van der Waals surface area contributed by atoms with Crippen LogP contribution in [-0.2, 0) is 0 Å². The number of rotatable bonds is 3. The van der Waals surface area contributed by atoms with Crippen molar-refractivity contribution >= 4 is 5.69 Å². The van der Waals surface area contributed by atoms with E-state index in [2.05, 4.69) is 46.7 Å². The summed E-state index contributed by atoms with van der Waals surface area (Å²) < 4.78 is 0. The van der Waals surface area contributed by atoms with Crippen LogP contribution in [0.2, 0.25) is 0 Å². The molecule has 0 amide bonds. The van der Waals surface area contributed by atoms with Gasteiger partial charge < -0.3 is 10.0 Å². The van der Waals surface area contributed by atoms with Gasteiger partial charge in [-0.05, 0) is 76.2 Å². The Kier molecular flexibility index (Phi) is 6.59. The van der Waals surface area contributed by atoms with E-state index in [1.54, 1.807) is 0 Å². The Morgan fingerprint density at radius 3 is 2.21 bits per heavy atom. The molecule has 0 aromatic heterocycles.